The van der Waals surface area contributed by atoms with E-state index in [9.17, 15) is 0 Å². The minimum Gasteiger partial charge on any atom is -0.103 e. The zero-order valence-corrected chi connectivity index (χ0v) is 17.3. The van der Waals surface area contributed by atoms with E-state index in [2.05, 4.69) is 25.7 Å². The van der Waals surface area contributed by atoms with Gasteiger partial charge in [-0.05, 0) is 12.8 Å². The molecule has 2 radical (unpaired) electrons. The Morgan fingerprint density at radius 1 is 0.320 bits per heavy atom. The van der Waals surface area contributed by atoms with Gasteiger partial charge in [-0.25, -0.2) is 0 Å². The van der Waals surface area contributed by atoms with Crippen LogP contribution in [0.15, 0.2) is 0 Å². The molecular weight excluding hydrogens is 300 g/mol. The number of hydrogen-bond acceptors (Lipinski definition) is 0. The first-order valence-electron chi connectivity index (χ1n) is 11.5. The highest BCUT2D eigenvalue weighted by Gasteiger charge is 1.94. The minimum atomic E-state index is 0.949. The summed E-state index contributed by atoms with van der Waals surface area (Å²) in [6.45, 7) is 7.71. The van der Waals surface area contributed by atoms with E-state index in [0.29, 0.717) is 0 Å². The number of rotatable bonds is 19. The summed E-state index contributed by atoms with van der Waals surface area (Å²) in [6.07, 6.45) is 28.4. The summed E-state index contributed by atoms with van der Waals surface area (Å²) in [6, 6.07) is 0. The predicted octanol–water partition coefficient (Wildman–Crippen LogP) is 8.85. The molecule has 0 amide bonds. The lowest BCUT2D eigenvalue weighted by Crippen LogP contribution is -1.84. The van der Waals surface area contributed by atoms with E-state index >= 15 is 0 Å². The van der Waals surface area contributed by atoms with Crippen molar-refractivity contribution in [3.63, 3.8) is 0 Å². The molecule has 146 valence electrons. The molecule has 0 rings (SSSR count). The second-order valence-corrected chi connectivity index (χ2v) is 7.57. The Bertz CT molecular complexity index is 280. The van der Waals surface area contributed by atoms with E-state index in [-0.39, 0.29) is 0 Å². The average molecular weight is 347 g/mol. The highest BCUT2D eigenvalue weighted by atomic mass is 14.0. The Labute approximate surface area is 160 Å². The van der Waals surface area contributed by atoms with Gasteiger partial charge in [0.05, 0.1) is 0 Å². The maximum absolute atomic E-state index is 3.90. The van der Waals surface area contributed by atoms with Crippen molar-refractivity contribution in [1.82, 2.24) is 0 Å². The summed E-state index contributed by atoms with van der Waals surface area (Å²) < 4.78 is 0. The molecule has 0 heterocycles. The molecule has 0 bridgehead atoms. The monoisotopic (exact) mass is 346 g/mol. The van der Waals surface area contributed by atoms with Gasteiger partial charge in [0.2, 0.25) is 0 Å². The third-order valence-corrected chi connectivity index (χ3v) is 4.98. The molecule has 0 aromatic carbocycles. The van der Waals surface area contributed by atoms with E-state index in [0.717, 1.165) is 25.7 Å². The van der Waals surface area contributed by atoms with Crippen molar-refractivity contribution in [1.29, 1.82) is 0 Å². The highest BCUT2D eigenvalue weighted by Crippen LogP contribution is 2.14. The van der Waals surface area contributed by atoms with E-state index < -0.39 is 0 Å². The predicted molar refractivity (Wildman–Crippen MR) is 115 cm³/mol. The first kappa shape index (κ1) is 24.6. The fraction of sp³-hybridized carbons (Fsp3) is 0.840. The first-order valence-corrected chi connectivity index (χ1v) is 11.5. The first-order chi connectivity index (χ1) is 12.4. The number of unbranched alkanes of at least 4 members (excludes halogenated alkanes) is 19. The minimum absolute atomic E-state index is 0.949. The molecule has 0 saturated carbocycles. The lowest BCUT2D eigenvalue weighted by Gasteiger charge is -2.03. The van der Waals surface area contributed by atoms with E-state index in [4.69, 9.17) is 0 Å². The van der Waals surface area contributed by atoms with Crippen molar-refractivity contribution >= 4 is 0 Å². The third kappa shape index (κ3) is 23.6. The van der Waals surface area contributed by atoms with Gasteiger partial charge in [0.15, 0.2) is 0 Å². The fourth-order valence-corrected chi connectivity index (χ4v) is 3.31. The molecular formula is C25H46. The van der Waals surface area contributed by atoms with Gasteiger partial charge < -0.3 is 0 Å². The van der Waals surface area contributed by atoms with Gasteiger partial charge in [-0.1, -0.05) is 123 Å². The third-order valence-electron chi connectivity index (χ3n) is 4.98. The highest BCUT2D eigenvalue weighted by molar-refractivity contribution is 4.98. The van der Waals surface area contributed by atoms with Gasteiger partial charge in [0.1, 0.15) is 0 Å². The summed E-state index contributed by atoms with van der Waals surface area (Å²) >= 11 is 0. The van der Waals surface area contributed by atoms with Crippen molar-refractivity contribution in [2.75, 3.05) is 0 Å². The van der Waals surface area contributed by atoms with Gasteiger partial charge in [0.25, 0.3) is 0 Å². The standard InChI is InChI=1S/C25H46/c1-3-5-7-9-11-13-15-17-19-21-23-25-24-22-20-18-16-14-12-10-8-6-4-2/h1-7,9,11-25H2. The summed E-state index contributed by atoms with van der Waals surface area (Å²) in [5.41, 5.74) is 0. The molecule has 0 saturated heterocycles. The van der Waals surface area contributed by atoms with Crippen LogP contribution in [0.25, 0.3) is 0 Å². The van der Waals surface area contributed by atoms with Crippen LogP contribution in [0, 0.1) is 25.7 Å². The molecule has 0 aromatic heterocycles. The Kier molecular flexibility index (Phi) is 23.1. The van der Waals surface area contributed by atoms with E-state index in [1.165, 1.54) is 109 Å². The van der Waals surface area contributed by atoms with Crippen LogP contribution in [0.2, 0.25) is 0 Å². The molecule has 0 aromatic rings. The summed E-state index contributed by atoms with van der Waals surface area (Å²) in [7, 11) is 0. The van der Waals surface area contributed by atoms with Crippen LogP contribution in [0.5, 0.6) is 0 Å². The van der Waals surface area contributed by atoms with E-state index in [1.54, 1.807) is 0 Å². The van der Waals surface area contributed by atoms with Gasteiger partial charge >= 0.3 is 0 Å². The molecule has 0 N–H and O–H groups in total. The van der Waals surface area contributed by atoms with Crippen molar-refractivity contribution < 1.29 is 0 Å². The SMILES string of the molecule is [CH2]CCC#CCCCCCCCCCCCCCCCCCCC[CH2]. The van der Waals surface area contributed by atoms with Gasteiger partial charge in [-0.3, -0.25) is 0 Å². The Morgan fingerprint density at radius 2 is 0.640 bits per heavy atom. The van der Waals surface area contributed by atoms with Crippen LogP contribution in [-0.2, 0) is 0 Å². The molecule has 0 atom stereocenters. The molecule has 0 unspecified atom stereocenters. The Balaban J connectivity index is 3.00. The van der Waals surface area contributed by atoms with Crippen molar-refractivity contribution in [2.24, 2.45) is 0 Å². The molecule has 0 aliphatic heterocycles. The lowest BCUT2D eigenvalue weighted by atomic mass is 10.0. The topological polar surface area (TPSA) is 0 Å². The van der Waals surface area contributed by atoms with Crippen LogP contribution < -0.4 is 0 Å². The summed E-state index contributed by atoms with van der Waals surface area (Å²) in [5, 5.41) is 0. The van der Waals surface area contributed by atoms with Gasteiger partial charge in [0, 0.05) is 12.8 Å². The number of hydrogen-bond donors (Lipinski definition) is 0. The fourth-order valence-electron chi connectivity index (χ4n) is 3.31. The van der Waals surface area contributed by atoms with Crippen molar-refractivity contribution in [3.05, 3.63) is 13.8 Å². The van der Waals surface area contributed by atoms with Crippen molar-refractivity contribution in [2.45, 2.75) is 135 Å². The maximum atomic E-state index is 3.90. The quantitative estimate of drug-likeness (QED) is 0.162. The second-order valence-electron chi connectivity index (χ2n) is 7.57. The van der Waals surface area contributed by atoms with Crippen LogP contribution in [0.3, 0.4) is 0 Å². The molecule has 0 aliphatic rings. The summed E-state index contributed by atoms with van der Waals surface area (Å²) in [4.78, 5) is 0. The van der Waals surface area contributed by atoms with Gasteiger partial charge in [-0.2, -0.15) is 0 Å². The Hall–Kier alpha value is -0.440. The molecule has 0 fully saturated rings. The largest absolute Gasteiger partial charge is 0.103 e. The molecule has 0 nitrogen and oxygen atoms in total. The normalized spacial score (nSPS) is 10.6. The van der Waals surface area contributed by atoms with Crippen LogP contribution >= 0.6 is 0 Å². The zero-order chi connectivity index (χ0) is 18.3. The maximum Gasteiger partial charge on any atom is 0.00886 e. The van der Waals surface area contributed by atoms with Crippen LogP contribution in [-0.4, -0.2) is 0 Å². The molecule has 0 heteroatoms. The smallest absolute Gasteiger partial charge is 0.00886 e. The van der Waals surface area contributed by atoms with Crippen LogP contribution in [0.4, 0.5) is 0 Å². The zero-order valence-electron chi connectivity index (χ0n) is 17.3. The average Bonchev–Trinajstić information content (AvgIpc) is 2.63. The summed E-state index contributed by atoms with van der Waals surface area (Å²) in [5.74, 6) is 6.43. The van der Waals surface area contributed by atoms with Crippen LogP contribution in [0.1, 0.15) is 135 Å². The lowest BCUT2D eigenvalue weighted by molar-refractivity contribution is 0.526. The van der Waals surface area contributed by atoms with Crippen molar-refractivity contribution in [3.8, 4) is 11.8 Å². The van der Waals surface area contributed by atoms with E-state index in [1.807, 2.05) is 0 Å². The van der Waals surface area contributed by atoms with Gasteiger partial charge in [-0.15, -0.1) is 11.8 Å². The second kappa shape index (κ2) is 23.6. The Morgan fingerprint density at radius 3 is 1.00 bits per heavy atom. The molecule has 0 aliphatic carbocycles. The molecule has 25 heavy (non-hydrogen) atoms. The molecule has 0 spiro atoms.